The largest absolute Gasteiger partial charge is 0.385 e. The van der Waals surface area contributed by atoms with Crippen molar-refractivity contribution in [3.05, 3.63) is 34.9 Å². The average molecular weight is 286 g/mol. The Labute approximate surface area is 119 Å². The second-order valence-electron chi connectivity index (χ2n) is 4.27. The van der Waals surface area contributed by atoms with Crippen molar-refractivity contribution in [2.24, 2.45) is 0 Å². The van der Waals surface area contributed by atoms with Gasteiger partial charge in [-0.3, -0.25) is 4.79 Å². The minimum absolute atomic E-state index is 0.109. The van der Waals surface area contributed by atoms with Gasteiger partial charge in [0.2, 0.25) is 5.91 Å². The van der Waals surface area contributed by atoms with Gasteiger partial charge in [0.15, 0.2) is 0 Å². The second-order valence-corrected chi connectivity index (χ2v) is 4.71. The summed E-state index contributed by atoms with van der Waals surface area (Å²) in [4.78, 5) is 11.9. The maximum Gasteiger partial charge on any atom is 0.249 e. The smallest absolute Gasteiger partial charge is 0.249 e. The minimum atomic E-state index is -0.475. The highest BCUT2D eigenvalue weighted by Crippen LogP contribution is 2.19. The van der Waals surface area contributed by atoms with Crippen molar-refractivity contribution in [3.8, 4) is 0 Å². The van der Waals surface area contributed by atoms with E-state index in [1.165, 1.54) is 7.11 Å². The minimum Gasteiger partial charge on any atom is -0.385 e. The fourth-order valence-corrected chi connectivity index (χ4v) is 1.78. The van der Waals surface area contributed by atoms with Crippen molar-refractivity contribution in [1.82, 2.24) is 5.32 Å². The van der Waals surface area contributed by atoms with Gasteiger partial charge in [-0.1, -0.05) is 23.7 Å². The first-order valence-electron chi connectivity index (χ1n) is 6.16. The SMILES string of the molecule is COCCC(NC(=O)C(C)OC)c1ccc(Cl)cc1. The molecule has 0 saturated heterocycles. The van der Waals surface area contributed by atoms with Crippen molar-refractivity contribution < 1.29 is 14.3 Å². The molecule has 1 amide bonds. The van der Waals surface area contributed by atoms with Crippen LogP contribution in [-0.2, 0) is 14.3 Å². The number of nitrogens with one attached hydrogen (secondary N) is 1. The fraction of sp³-hybridized carbons (Fsp3) is 0.500. The molecule has 0 aliphatic heterocycles. The fourth-order valence-electron chi connectivity index (χ4n) is 1.65. The van der Waals surface area contributed by atoms with E-state index in [1.54, 1.807) is 14.0 Å². The van der Waals surface area contributed by atoms with Crippen LogP contribution in [0.5, 0.6) is 0 Å². The van der Waals surface area contributed by atoms with Crippen molar-refractivity contribution >= 4 is 17.5 Å². The van der Waals surface area contributed by atoms with Crippen LogP contribution in [-0.4, -0.2) is 32.8 Å². The van der Waals surface area contributed by atoms with E-state index in [2.05, 4.69) is 5.32 Å². The molecule has 0 aliphatic rings. The zero-order chi connectivity index (χ0) is 14.3. The third-order valence-corrected chi connectivity index (χ3v) is 3.17. The normalized spacial score (nSPS) is 13.9. The van der Waals surface area contributed by atoms with Crippen molar-refractivity contribution in [2.45, 2.75) is 25.5 Å². The number of carbonyl (C=O) groups is 1. The summed E-state index contributed by atoms with van der Waals surface area (Å²) >= 11 is 5.87. The number of hydrogen-bond acceptors (Lipinski definition) is 3. The number of benzene rings is 1. The van der Waals surface area contributed by atoms with E-state index in [1.807, 2.05) is 24.3 Å². The molecule has 0 radical (unpaired) electrons. The van der Waals surface area contributed by atoms with E-state index in [0.717, 1.165) is 5.56 Å². The number of methoxy groups -OCH3 is 2. The molecule has 1 aromatic carbocycles. The Morgan fingerprint density at radius 1 is 1.32 bits per heavy atom. The Kier molecular flexibility index (Phi) is 6.84. The van der Waals surface area contributed by atoms with Crippen molar-refractivity contribution in [2.75, 3.05) is 20.8 Å². The summed E-state index contributed by atoms with van der Waals surface area (Å²) < 4.78 is 10.1. The molecule has 1 aromatic rings. The quantitative estimate of drug-likeness (QED) is 0.837. The van der Waals surface area contributed by atoms with Gasteiger partial charge >= 0.3 is 0 Å². The lowest BCUT2D eigenvalue weighted by Crippen LogP contribution is -2.37. The standard InChI is InChI=1S/C14H20ClNO3/c1-10(19-3)14(17)16-13(8-9-18-2)11-4-6-12(15)7-5-11/h4-7,10,13H,8-9H2,1-3H3,(H,16,17). The molecule has 0 saturated carbocycles. The van der Waals surface area contributed by atoms with Crippen molar-refractivity contribution in [1.29, 1.82) is 0 Å². The summed E-state index contributed by atoms with van der Waals surface area (Å²) in [6.07, 6.45) is 0.220. The summed E-state index contributed by atoms with van der Waals surface area (Å²) in [5.41, 5.74) is 0.998. The number of halogens is 1. The van der Waals surface area contributed by atoms with Gasteiger partial charge < -0.3 is 14.8 Å². The van der Waals surface area contributed by atoms with E-state index in [9.17, 15) is 4.79 Å². The zero-order valence-corrected chi connectivity index (χ0v) is 12.2. The lowest BCUT2D eigenvalue weighted by Gasteiger charge is -2.21. The molecule has 1 rings (SSSR count). The first-order chi connectivity index (χ1) is 9.08. The summed E-state index contributed by atoms with van der Waals surface area (Å²) in [5, 5.41) is 3.62. The van der Waals surface area contributed by atoms with Gasteiger partial charge in [-0.15, -0.1) is 0 Å². The van der Waals surface area contributed by atoms with Crippen LogP contribution in [0, 0.1) is 0 Å². The topological polar surface area (TPSA) is 47.6 Å². The highest BCUT2D eigenvalue weighted by atomic mass is 35.5. The van der Waals surface area contributed by atoms with Crippen LogP contribution in [0.2, 0.25) is 5.02 Å². The number of amides is 1. The van der Waals surface area contributed by atoms with Gasteiger partial charge in [0.25, 0.3) is 0 Å². The maximum atomic E-state index is 11.9. The molecular weight excluding hydrogens is 266 g/mol. The summed E-state index contributed by atoms with van der Waals surface area (Å²) in [6, 6.07) is 7.31. The maximum absolute atomic E-state index is 11.9. The van der Waals surface area contributed by atoms with Crippen LogP contribution >= 0.6 is 11.6 Å². The van der Waals surface area contributed by atoms with Crippen LogP contribution in [0.15, 0.2) is 24.3 Å². The molecule has 0 heterocycles. The summed E-state index contributed by atoms with van der Waals surface area (Å²) in [7, 11) is 3.15. The molecule has 4 nitrogen and oxygen atoms in total. The molecule has 5 heteroatoms. The van der Waals surface area contributed by atoms with E-state index >= 15 is 0 Å². The predicted octanol–water partition coefficient (Wildman–Crippen LogP) is 2.57. The average Bonchev–Trinajstić information content (AvgIpc) is 2.43. The summed E-state index contributed by atoms with van der Waals surface area (Å²) in [5.74, 6) is -0.140. The van der Waals surface area contributed by atoms with Gasteiger partial charge in [0.1, 0.15) is 6.10 Å². The molecule has 0 fully saturated rings. The van der Waals surface area contributed by atoms with Crippen LogP contribution in [0.4, 0.5) is 0 Å². The van der Waals surface area contributed by atoms with Crippen LogP contribution in [0.3, 0.4) is 0 Å². The van der Waals surface area contributed by atoms with Crippen LogP contribution in [0.1, 0.15) is 24.9 Å². The molecule has 0 spiro atoms. The Hall–Kier alpha value is -1.10. The molecule has 106 valence electrons. The van der Waals surface area contributed by atoms with Gasteiger partial charge in [0.05, 0.1) is 6.04 Å². The third kappa shape index (κ3) is 5.19. The summed E-state index contributed by atoms with van der Waals surface area (Å²) in [6.45, 7) is 2.28. The monoisotopic (exact) mass is 285 g/mol. The molecule has 1 N–H and O–H groups in total. The Balaban J connectivity index is 2.76. The number of rotatable bonds is 7. The van der Waals surface area contributed by atoms with E-state index in [-0.39, 0.29) is 11.9 Å². The van der Waals surface area contributed by atoms with E-state index in [0.29, 0.717) is 18.1 Å². The number of ether oxygens (including phenoxy) is 2. The van der Waals surface area contributed by atoms with Crippen LogP contribution < -0.4 is 5.32 Å². The van der Waals surface area contributed by atoms with Crippen LogP contribution in [0.25, 0.3) is 0 Å². The lowest BCUT2D eigenvalue weighted by atomic mass is 10.0. The first-order valence-corrected chi connectivity index (χ1v) is 6.53. The number of hydrogen-bond donors (Lipinski definition) is 1. The Morgan fingerprint density at radius 3 is 2.47 bits per heavy atom. The second kappa shape index (κ2) is 8.15. The predicted molar refractivity (Wildman–Crippen MR) is 75.3 cm³/mol. The molecule has 0 aromatic heterocycles. The van der Waals surface area contributed by atoms with E-state index in [4.69, 9.17) is 21.1 Å². The number of carbonyl (C=O) groups excluding carboxylic acids is 1. The van der Waals surface area contributed by atoms with Gasteiger partial charge in [-0.25, -0.2) is 0 Å². The first kappa shape index (κ1) is 16.0. The third-order valence-electron chi connectivity index (χ3n) is 2.92. The molecule has 0 bridgehead atoms. The lowest BCUT2D eigenvalue weighted by molar-refractivity contribution is -0.131. The Bertz CT molecular complexity index is 394. The highest BCUT2D eigenvalue weighted by molar-refractivity contribution is 6.30. The molecular formula is C14H20ClNO3. The zero-order valence-electron chi connectivity index (χ0n) is 11.5. The van der Waals surface area contributed by atoms with Gasteiger partial charge in [-0.2, -0.15) is 0 Å². The van der Waals surface area contributed by atoms with Crippen molar-refractivity contribution in [3.63, 3.8) is 0 Å². The molecule has 2 atom stereocenters. The highest BCUT2D eigenvalue weighted by Gasteiger charge is 2.18. The van der Waals surface area contributed by atoms with Gasteiger partial charge in [-0.05, 0) is 31.0 Å². The Morgan fingerprint density at radius 2 is 1.95 bits per heavy atom. The van der Waals surface area contributed by atoms with Gasteiger partial charge in [0, 0.05) is 25.8 Å². The molecule has 0 aliphatic carbocycles. The molecule has 2 unspecified atom stereocenters. The molecule has 19 heavy (non-hydrogen) atoms. The van der Waals surface area contributed by atoms with E-state index < -0.39 is 6.10 Å².